The molecule has 1 amide bonds. The van der Waals surface area contributed by atoms with Gasteiger partial charge < -0.3 is 49.8 Å². The van der Waals surface area contributed by atoms with E-state index in [0.29, 0.717) is 0 Å². The maximum absolute atomic E-state index is 14.4. The van der Waals surface area contributed by atoms with Gasteiger partial charge in [-0.15, -0.1) is 0 Å². The van der Waals surface area contributed by atoms with Crippen molar-refractivity contribution in [2.45, 2.75) is 136 Å². The van der Waals surface area contributed by atoms with Crippen LogP contribution >= 0.6 is 0 Å². The Hall–Kier alpha value is 0.263. The van der Waals surface area contributed by atoms with Gasteiger partial charge in [0.2, 0.25) is 0 Å². The van der Waals surface area contributed by atoms with Crippen LogP contribution < -0.4 is 5.32 Å². The standard InChI is InChI=1S/C34H53NO13.2Ac/c1-15(2)22(35-29(42)46-13-30(5,6)7)24(39)28(41)48-18-12-34(44)27(47-17(4)36)25-32(10,19(37)11-20-33(25,43)14-45-20)26(40)23(38)21(16(18)3)31(34,8)9;;/h15,18-20,22-25,27,37-39,43-44H,11-14H2,1-10H3,(H,35,42);;/t18-,19-,20+,22-,23+,24+,25-,27-,32+,33-,34+;;/m0../s1. The summed E-state index contributed by atoms with van der Waals surface area (Å²) in [5, 5.41) is 61.6. The van der Waals surface area contributed by atoms with Gasteiger partial charge in [0, 0.05) is 119 Å². The van der Waals surface area contributed by atoms with Gasteiger partial charge in [0.15, 0.2) is 11.9 Å². The van der Waals surface area contributed by atoms with E-state index in [0.717, 1.165) is 6.92 Å². The minimum atomic E-state index is -2.21. The van der Waals surface area contributed by atoms with E-state index in [1.165, 1.54) is 13.8 Å². The molecule has 50 heavy (non-hydrogen) atoms. The van der Waals surface area contributed by atoms with Crippen LogP contribution in [0.3, 0.4) is 0 Å². The van der Waals surface area contributed by atoms with E-state index < -0.39 is 107 Å². The second-order valence-corrected chi connectivity index (χ2v) is 16.4. The van der Waals surface area contributed by atoms with Gasteiger partial charge >= 0.3 is 18.0 Å². The van der Waals surface area contributed by atoms with Crippen molar-refractivity contribution in [3.05, 3.63) is 11.1 Å². The van der Waals surface area contributed by atoms with E-state index in [1.54, 1.807) is 27.7 Å². The van der Waals surface area contributed by atoms with E-state index in [2.05, 4.69) is 5.32 Å². The van der Waals surface area contributed by atoms with Crippen LogP contribution in [0.1, 0.15) is 82.1 Å². The second kappa shape index (κ2) is 16.2. The van der Waals surface area contributed by atoms with Crippen LogP contribution in [0.2, 0.25) is 0 Å². The molecule has 278 valence electrons. The molecular weight excluding hydrogens is 1080 g/mol. The monoisotopic (exact) mass is 1140 g/mol. The number of nitrogens with one attached hydrogen (secondary N) is 1. The molecule has 2 bridgehead atoms. The molecule has 2 saturated carbocycles. The van der Waals surface area contributed by atoms with E-state index >= 15 is 0 Å². The van der Waals surface area contributed by atoms with Crippen LogP contribution in [0.25, 0.3) is 0 Å². The van der Waals surface area contributed by atoms with Crippen LogP contribution in [-0.2, 0) is 33.3 Å². The maximum Gasteiger partial charge on any atom is 0.407 e. The van der Waals surface area contributed by atoms with Crippen LogP contribution in [0.5, 0.6) is 0 Å². The zero-order valence-electron chi connectivity index (χ0n) is 30.7. The van der Waals surface area contributed by atoms with Crippen LogP contribution in [-0.4, -0.2) is 116 Å². The molecule has 6 N–H and O–H groups in total. The summed E-state index contributed by atoms with van der Waals surface area (Å²) in [6.45, 7) is 15.8. The third-order valence-corrected chi connectivity index (χ3v) is 11.1. The molecule has 0 aromatic heterocycles. The first-order chi connectivity index (χ1) is 21.8. The summed E-state index contributed by atoms with van der Waals surface area (Å²) >= 11 is 0. The Morgan fingerprint density at radius 3 is 2.12 bits per heavy atom. The zero-order chi connectivity index (χ0) is 36.5. The van der Waals surface area contributed by atoms with Crippen molar-refractivity contribution in [2.75, 3.05) is 13.2 Å². The van der Waals surface area contributed by atoms with E-state index in [-0.39, 0.29) is 124 Å². The Bertz CT molecular complexity index is 1360. The molecule has 0 unspecified atom stereocenters. The molecule has 1 aliphatic heterocycles. The predicted molar refractivity (Wildman–Crippen MR) is 168 cm³/mol. The Morgan fingerprint density at radius 2 is 1.64 bits per heavy atom. The maximum atomic E-state index is 14.4. The summed E-state index contributed by atoms with van der Waals surface area (Å²) in [7, 11) is 0. The summed E-state index contributed by atoms with van der Waals surface area (Å²) in [5.41, 5.74) is -7.60. The first-order valence-electron chi connectivity index (χ1n) is 16.5. The number of hydrogen-bond donors (Lipinski definition) is 6. The number of ether oxygens (including phenoxy) is 4. The molecule has 0 spiro atoms. The number of amides is 1. The first-order valence-corrected chi connectivity index (χ1v) is 16.5. The molecule has 1 heterocycles. The normalized spacial score (nSPS) is 37.2. The molecule has 3 fully saturated rings. The first kappa shape index (κ1) is 46.4. The van der Waals surface area contributed by atoms with Crippen LogP contribution in [0, 0.1) is 116 Å². The molecule has 4 aliphatic rings. The van der Waals surface area contributed by atoms with E-state index in [4.69, 9.17) is 18.9 Å². The Morgan fingerprint density at radius 1 is 1.06 bits per heavy atom. The third-order valence-electron chi connectivity index (χ3n) is 11.1. The number of fused-ring (bicyclic) bond motifs is 5. The number of aliphatic hydroxyl groups excluding tert-OH is 3. The van der Waals surface area contributed by atoms with Gasteiger partial charge in [0.05, 0.1) is 36.9 Å². The molecule has 11 atom stereocenters. The number of carbonyl (C=O) groups is 4. The number of hydrogen-bond acceptors (Lipinski definition) is 13. The molecule has 16 heteroatoms. The fraction of sp³-hybridized carbons (Fsp3) is 0.824. The number of carbonyl (C=O) groups excluding carboxylic acids is 4. The zero-order valence-corrected chi connectivity index (χ0v) is 40.2. The van der Waals surface area contributed by atoms with Gasteiger partial charge in [0.25, 0.3) is 0 Å². The van der Waals surface area contributed by atoms with Crippen molar-refractivity contribution in [1.82, 2.24) is 5.32 Å². The van der Waals surface area contributed by atoms with Crippen molar-refractivity contribution in [3.63, 3.8) is 0 Å². The summed E-state index contributed by atoms with van der Waals surface area (Å²) in [4.78, 5) is 53.1. The number of alkyl carbamates (subject to hydrolysis) is 1. The van der Waals surface area contributed by atoms with Crippen molar-refractivity contribution in [1.29, 1.82) is 0 Å². The average Bonchev–Trinajstić information content (AvgIpc) is 2.96. The SMILES string of the molecule is CC(=O)O[C@H]1[C@@H]2[C@]3(O)CO[C@@H]3C[C@H](O)[C@@]2(C)C(=O)[C@H](O)C2=C(C)[C@@H](OC(=O)[C@H](O)[C@@H](NC(=O)OCC(C)(C)C)C(C)C)C[C@]1(O)C2(C)C.[Ac].[Ac]. The van der Waals surface area contributed by atoms with Gasteiger partial charge in [-0.25, -0.2) is 9.59 Å². The smallest absolute Gasteiger partial charge is 0.407 e. The Balaban J connectivity index is 0.00000433. The summed E-state index contributed by atoms with van der Waals surface area (Å²) in [6.07, 6.45) is -10.6. The average molecular weight is 1140 g/mol. The molecule has 0 aromatic rings. The number of aliphatic hydroxyl groups is 5. The fourth-order valence-electron chi connectivity index (χ4n) is 8.22. The van der Waals surface area contributed by atoms with Crippen molar-refractivity contribution in [2.24, 2.45) is 28.1 Å². The number of rotatable bonds is 7. The van der Waals surface area contributed by atoms with Crippen LogP contribution in [0.4, 0.5) is 4.79 Å². The summed E-state index contributed by atoms with van der Waals surface area (Å²) < 4.78 is 22.4. The number of esters is 2. The minimum Gasteiger partial charge on any atom is -0.459 e. The fourth-order valence-corrected chi connectivity index (χ4v) is 8.22. The van der Waals surface area contributed by atoms with Gasteiger partial charge in [-0.3, -0.25) is 9.59 Å². The van der Waals surface area contributed by atoms with E-state index in [9.17, 15) is 44.7 Å². The van der Waals surface area contributed by atoms with Gasteiger partial charge in [-0.2, -0.15) is 0 Å². The molecule has 2 radical (unpaired) electrons. The minimum absolute atomic E-state index is 0. The van der Waals surface area contributed by atoms with Crippen molar-refractivity contribution in [3.8, 4) is 0 Å². The Labute approximate surface area is 365 Å². The quantitative estimate of drug-likeness (QED) is 0.119. The van der Waals surface area contributed by atoms with Gasteiger partial charge in [0.1, 0.15) is 29.5 Å². The summed E-state index contributed by atoms with van der Waals surface area (Å²) in [5.74, 6) is -4.79. The largest absolute Gasteiger partial charge is 0.459 e. The molecule has 3 aliphatic carbocycles. The molecule has 4 rings (SSSR count). The number of Topliss-reactive ketones (excluding diaryl/α,β-unsaturated/α-hetero) is 1. The molecule has 1 saturated heterocycles. The predicted octanol–water partition coefficient (Wildman–Crippen LogP) is 0.926. The van der Waals surface area contributed by atoms with E-state index in [1.807, 2.05) is 20.8 Å². The van der Waals surface area contributed by atoms with Crippen LogP contribution in [0.15, 0.2) is 11.1 Å². The number of ketones is 1. The molecule has 14 nitrogen and oxygen atoms in total. The molecular formula is C34H53Ac2NO13. The van der Waals surface area contributed by atoms with Gasteiger partial charge in [-0.1, -0.05) is 48.5 Å². The summed E-state index contributed by atoms with van der Waals surface area (Å²) in [6, 6.07) is -1.14. The Kier molecular flexibility index (Phi) is 15.0. The van der Waals surface area contributed by atoms with Gasteiger partial charge in [-0.05, 0) is 36.3 Å². The van der Waals surface area contributed by atoms with Crippen molar-refractivity contribution < 1.29 is 152 Å². The topological polar surface area (TPSA) is 218 Å². The van der Waals surface area contributed by atoms with Crippen molar-refractivity contribution >= 4 is 23.8 Å². The third kappa shape index (κ3) is 7.98. The second-order valence-electron chi connectivity index (χ2n) is 16.4. The molecule has 0 aromatic carbocycles.